The van der Waals surface area contributed by atoms with Crippen LogP contribution in [-0.2, 0) is 0 Å². The molecule has 2 heterocycles. The molecule has 0 saturated heterocycles. The zero-order valence-electron chi connectivity index (χ0n) is 14.9. The summed E-state index contributed by atoms with van der Waals surface area (Å²) in [5.41, 5.74) is 1.99. The summed E-state index contributed by atoms with van der Waals surface area (Å²) in [4.78, 5) is 17.1. The van der Waals surface area contributed by atoms with Crippen LogP contribution >= 0.6 is 0 Å². The van der Waals surface area contributed by atoms with Gasteiger partial charge in [-0.2, -0.15) is 0 Å². The second kappa shape index (κ2) is 5.55. The number of aromatic nitrogens is 2. The number of carbonyl (C=O) groups excluding carboxylic acids is 1. The van der Waals surface area contributed by atoms with Gasteiger partial charge in [0, 0.05) is 12.2 Å². The number of fused-ring (bicyclic) bond motifs is 6. The normalized spacial score (nSPS) is 33.3. The first-order chi connectivity index (χ1) is 12.1. The summed E-state index contributed by atoms with van der Waals surface area (Å²) in [5, 5.41) is 8.26. The van der Waals surface area contributed by atoms with Crippen molar-refractivity contribution in [2.75, 3.05) is 0 Å². The van der Waals surface area contributed by atoms with E-state index < -0.39 is 0 Å². The number of carbonyl (C=O) groups is 1. The molecule has 3 aliphatic carbocycles. The smallest absolute Gasteiger partial charge is 0.257 e. The molecule has 0 aliphatic heterocycles. The average molecular weight is 339 g/mol. The molecule has 5 rings (SSSR count). The molecule has 2 aromatic heterocycles. The lowest BCUT2D eigenvalue weighted by Gasteiger charge is -2.32. The SMILES string of the molecule is CC(C)c1noc2ncc(C(=O)N[C@@H]3C[C@H]4C[C@H]3[C@H]3CCC[C@H]43)cc12. The molecule has 2 bridgehead atoms. The highest BCUT2D eigenvalue weighted by molar-refractivity contribution is 5.97. The number of amides is 1. The quantitative estimate of drug-likeness (QED) is 0.921. The molecule has 3 aliphatic rings. The van der Waals surface area contributed by atoms with E-state index in [4.69, 9.17) is 4.52 Å². The molecule has 1 amide bonds. The standard InChI is InChI=1S/C20H25N3O2/c1-10(2)18-16-7-12(9-21-20(16)25-23-18)19(24)22-17-8-11-6-15(17)14-5-3-4-13(11)14/h7,9-11,13-15,17H,3-6,8H2,1-2H3,(H,22,24)/t11-,13-,14+,15+,17-/m1/s1. The molecule has 25 heavy (non-hydrogen) atoms. The monoisotopic (exact) mass is 339 g/mol. The second-order valence-electron chi connectivity index (χ2n) is 8.53. The minimum atomic E-state index is -0.00240. The van der Waals surface area contributed by atoms with E-state index in [-0.39, 0.29) is 11.8 Å². The van der Waals surface area contributed by atoms with Gasteiger partial charge in [0.1, 0.15) is 0 Å². The van der Waals surface area contributed by atoms with Crippen LogP contribution in [0.4, 0.5) is 0 Å². The lowest BCUT2D eigenvalue weighted by Crippen LogP contribution is -2.42. The van der Waals surface area contributed by atoms with Crippen LogP contribution < -0.4 is 5.32 Å². The molecule has 132 valence electrons. The molecule has 3 fully saturated rings. The minimum Gasteiger partial charge on any atom is -0.349 e. The van der Waals surface area contributed by atoms with Crippen molar-refractivity contribution in [3.63, 3.8) is 0 Å². The van der Waals surface area contributed by atoms with Crippen LogP contribution in [0.25, 0.3) is 11.1 Å². The van der Waals surface area contributed by atoms with E-state index in [9.17, 15) is 4.79 Å². The topological polar surface area (TPSA) is 68.0 Å². The van der Waals surface area contributed by atoms with Crippen LogP contribution in [0, 0.1) is 23.7 Å². The number of nitrogens with one attached hydrogen (secondary N) is 1. The van der Waals surface area contributed by atoms with Crippen LogP contribution in [0.3, 0.4) is 0 Å². The first-order valence-electron chi connectivity index (χ1n) is 9.68. The zero-order chi connectivity index (χ0) is 17.1. The van der Waals surface area contributed by atoms with Crippen LogP contribution in [0.5, 0.6) is 0 Å². The number of hydrogen-bond acceptors (Lipinski definition) is 4. The summed E-state index contributed by atoms with van der Waals surface area (Å²) in [6.07, 6.45) is 8.26. The number of rotatable bonds is 3. The van der Waals surface area contributed by atoms with Crippen molar-refractivity contribution in [2.45, 2.75) is 57.9 Å². The highest BCUT2D eigenvalue weighted by Crippen LogP contribution is 2.58. The molecule has 0 radical (unpaired) electrons. The van der Waals surface area contributed by atoms with Crippen molar-refractivity contribution >= 4 is 17.0 Å². The van der Waals surface area contributed by atoms with Gasteiger partial charge in [0.2, 0.25) is 0 Å². The van der Waals surface area contributed by atoms with Crippen molar-refractivity contribution in [1.29, 1.82) is 0 Å². The number of hydrogen-bond donors (Lipinski definition) is 1. The van der Waals surface area contributed by atoms with Gasteiger partial charge >= 0.3 is 0 Å². The third-order valence-corrected chi connectivity index (χ3v) is 6.91. The van der Waals surface area contributed by atoms with Crippen molar-refractivity contribution < 1.29 is 9.32 Å². The Morgan fingerprint density at radius 3 is 2.92 bits per heavy atom. The van der Waals surface area contributed by atoms with Gasteiger partial charge in [-0.15, -0.1) is 0 Å². The molecule has 1 N–H and O–H groups in total. The summed E-state index contributed by atoms with van der Waals surface area (Å²) in [6, 6.07) is 2.23. The fraction of sp³-hybridized carbons (Fsp3) is 0.650. The summed E-state index contributed by atoms with van der Waals surface area (Å²) in [5.74, 6) is 3.58. The second-order valence-corrected chi connectivity index (χ2v) is 8.53. The lowest BCUT2D eigenvalue weighted by atomic mass is 9.79. The maximum absolute atomic E-state index is 12.8. The lowest BCUT2D eigenvalue weighted by molar-refractivity contribution is 0.0901. The van der Waals surface area contributed by atoms with E-state index in [1.165, 1.54) is 25.7 Å². The van der Waals surface area contributed by atoms with E-state index in [0.29, 0.717) is 23.2 Å². The molecular weight excluding hydrogens is 314 g/mol. The third-order valence-electron chi connectivity index (χ3n) is 6.91. The maximum atomic E-state index is 12.8. The molecule has 5 atom stereocenters. The Balaban J connectivity index is 1.36. The van der Waals surface area contributed by atoms with Gasteiger partial charge in [0.25, 0.3) is 11.6 Å². The number of nitrogens with zero attached hydrogens (tertiary/aromatic N) is 2. The molecule has 5 nitrogen and oxygen atoms in total. The van der Waals surface area contributed by atoms with Crippen molar-refractivity contribution in [3.8, 4) is 0 Å². The van der Waals surface area contributed by atoms with E-state index in [2.05, 4.69) is 29.3 Å². The van der Waals surface area contributed by atoms with Crippen molar-refractivity contribution in [3.05, 3.63) is 23.5 Å². The zero-order valence-corrected chi connectivity index (χ0v) is 14.9. The summed E-state index contributed by atoms with van der Waals surface area (Å²) < 4.78 is 5.27. The minimum absolute atomic E-state index is 0.00240. The Morgan fingerprint density at radius 1 is 1.24 bits per heavy atom. The first-order valence-corrected chi connectivity index (χ1v) is 9.68. The summed E-state index contributed by atoms with van der Waals surface area (Å²) in [7, 11) is 0. The van der Waals surface area contributed by atoms with Gasteiger partial charge in [-0.1, -0.05) is 25.4 Å². The Labute approximate surface area is 147 Å². The predicted molar refractivity (Wildman–Crippen MR) is 94.2 cm³/mol. The molecular formula is C20H25N3O2. The number of pyridine rings is 1. The van der Waals surface area contributed by atoms with Gasteiger partial charge in [-0.25, -0.2) is 4.98 Å². The maximum Gasteiger partial charge on any atom is 0.257 e. The van der Waals surface area contributed by atoms with Crippen molar-refractivity contribution in [2.24, 2.45) is 23.7 Å². The van der Waals surface area contributed by atoms with Crippen LogP contribution in [0.1, 0.15) is 67.9 Å². The third kappa shape index (κ3) is 2.31. The Hall–Kier alpha value is -1.91. The van der Waals surface area contributed by atoms with Gasteiger partial charge in [0.05, 0.1) is 16.6 Å². The van der Waals surface area contributed by atoms with Crippen LogP contribution in [-0.4, -0.2) is 22.1 Å². The Kier molecular flexibility index (Phi) is 3.41. The predicted octanol–water partition coefficient (Wildman–Crippen LogP) is 3.90. The molecule has 0 spiro atoms. The largest absolute Gasteiger partial charge is 0.349 e. The van der Waals surface area contributed by atoms with Crippen LogP contribution in [0.2, 0.25) is 0 Å². The summed E-state index contributed by atoms with van der Waals surface area (Å²) >= 11 is 0. The van der Waals surface area contributed by atoms with E-state index in [1.54, 1.807) is 6.20 Å². The van der Waals surface area contributed by atoms with Gasteiger partial charge in [-0.3, -0.25) is 4.79 Å². The molecule has 2 aromatic rings. The van der Waals surface area contributed by atoms with E-state index in [1.807, 2.05) is 6.07 Å². The molecule has 0 aromatic carbocycles. The Bertz CT molecular complexity index is 827. The highest BCUT2D eigenvalue weighted by Gasteiger charge is 2.54. The highest BCUT2D eigenvalue weighted by atomic mass is 16.5. The summed E-state index contributed by atoms with van der Waals surface area (Å²) in [6.45, 7) is 4.13. The van der Waals surface area contributed by atoms with Crippen molar-refractivity contribution in [1.82, 2.24) is 15.5 Å². The average Bonchev–Trinajstić information content (AvgIpc) is 3.34. The fourth-order valence-electron chi connectivity index (χ4n) is 5.88. The van der Waals surface area contributed by atoms with Crippen LogP contribution in [0.15, 0.2) is 16.8 Å². The molecule has 0 unspecified atom stereocenters. The van der Waals surface area contributed by atoms with E-state index in [0.717, 1.165) is 35.3 Å². The van der Waals surface area contributed by atoms with Gasteiger partial charge in [-0.05, 0) is 61.3 Å². The van der Waals surface area contributed by atoms with Gasteiger partial charge in [0.15, 0.2) is 0 Å². The Morgan fingerprint density at radius 2 is 2.08 bits per heavy atom. The van der Waals surface area contributed by atoms with E-state index >= 15 is 0 Å². The first kappa shape index (κ1) is 15.4. The van der Waals surface area contributed by atoms with Gasteiger partial charge < -0.3 is 9.84 Å². The molecule has 3 saturated carbocycles. The molecule has 5 heteroatoms. The fourth-order valence-corrected chi connectivity index (χ4v) is 5.88.